The van der Waals surface area contributed by atoms with Gasteiger partial charge in [-0.05, 0) is 89.5 Å². The summed E-state index contributed by atoms with van der Waals surface area (Å²) in [4.78, 5) is 47.0. The maximum atomic E-state index is 18.0. The standard InChI is InChI=1S/C44H59FN3O10P/c1-40(2,3)46-23-34(50)28-11-14-35(58-59(53,54)55)29(19-28)24-47-17-18-48(26-47)25-37(52)44-38(56-39(57-44)27-9-7-6-8-10-27)21-33-32-13-12-30-20-31(49)15-16-41(30,4)43(32,45)36(51)22-42(33,44)5/h11-12,14-19,26-27,32-34,36,38-39,46,50-51H,6-10,13,20-25H2,1-5H3,(H-,53,54,55)/p+1/t32-,33-,34?,36-,38+,39+,41-,42-,43-,44+/m0/s1. The minimum absolute atomic E-state index is 0.0141. The topological polar surface area (TPSA) is 181 Å². The number of benzene rings is 1. The number of rotatable bonds is 11. The molecule has 0 bridgehead atoms. The first kappa shape index (κ1) is 42.6. The highest BCUT2D eigenvalue weighted by Crippen LogP contribution is 2.71. The van der Waals surface area contributed by atoms with Gasteiger partial charge in [0.1, 0.15) is 24.7 Å². The van der Waals surface area contributed by atoms with Gasteiger partial charge in [-0.1, -0.05) is 50.0 Å². The van der Waals surface area contributed by atoms with Gasteiger partial charge in [0.25, 0.3) is 0 Å². The van der Waals surface area contributed by atoms with Crippen LogP contribution in [0.3, 0.4) is 0 Å². The number of hydrogen-bond acceptors (Lipinski definition) is 9. The molecule has 0 radical (unpaired) electrons. The predicted molar refractivity (Wildman–Crippen MR) is 213 cm³/mol. The van der Waals surface area contributed by atoms with E-state index in [4.69, 9.17) is 14.0 Å². The molecule has 15 heteroatoms. The largest absolute Gasteiger partial charge is 0.524 e. The number of allylic oxidation sites excluding steroid dienone is 4. The molecule has 5 N–H and O–H groups in total. The van der Waals surface area contributed by atoms with Crippen LogP contribution in [0.4, 0.5) is 4.39 Å². The van der Waals surface area contributed by atoms with Crippen LogP contribution in [-0.4, -0.2) is 78.0 Å². The van der Waals surface area contributed by atoms with Gasteiger partial charge in [-0.2, -0.15) is 0 Å². The number of hydrogen-bond donors (Lipinski definition) is 5. The van der Waals surface area contributed by atoms with Crippen molar-refractivity contribution in [3.63, 3.8) is 0 Å². The summed E-state index contributed by atoms with van der Waals surface area (Å²) in [6.45, 7) is 9.95. The lowest BCUT2D eigenvalue weighted by Gasteiger charge is -2.62. The maximum absolute atomic E-state index is 18.0. The molecule has 6 aliphatic rings. The minimum Gasteiger partial charge on any atom is -0.404 e. The summed E-state index contributed by atoms with van der Waals surface area (Å²) in [5, 5.41) is 26.3. The molecule has 1 aromatic carbocycles. The van der Waals surface area contributed by atoms with Gasteiger partial charge in [0.05, 0.1) is 18.3 Å². The molecule has 1 aromatic heterocycles. The zero-order valence-corrected chi connectivity index (χ0v) is 35.6. The zero-order valence-electron chi connectivity index (χ0n) is 34.7. The number of aliphatic hydroxyl groups is 2. The molecule has 13 nitrogen and oxygen atoms in total. The third-order valence-electron chi connectivity index (χ3n) is 14.8. The number of fused-ring (bicyclic) bond motifs is 7. The molecule has 0 spiro atoms. The quantitative estimate of drug-likeness (QED) is 0.112. The molecule has 5 aliphatic carbocycles. The van der Waals surface area contributed by atoms with Crippen molar-refractivity contribution in [2.75, 3.05) is 6.54 Å². The number of carbonyl (C=O) groups is 2. The molecule has 3 saturated carbocycles. The summed E-state index contributed by atoms with van der Waals surface area (Å²) in [6, 6.07) is 4.65. The van der Waals surface area contributed by atoms with Crippen LogP contribution in [0.25, 0.3) is 0 Å². The van der Waals surface area contributed by atoms with Crippen LogP contribution in [-0.2, 0) is 36.7 Å². The number of aromatic nitrogens is 2. The second-order valence-corrected chi connectivity index (χ2v) is 20.7. The minimum atomic E-state index is -4.92. The molecule has 8 rings (SSSR count). The van der Waals surface area contributed by atoms with Crippen molar-refractivity contribution in [1.82, 2.24) is 9.88 Å². The average Bonchev–Trinajstić information content (AvgIpc) is 3.84. The molecule has 59 heavy (non-hydrogen) atoms. The lowest BCUT2D eigenvalue weighted by Crippen LogP contribution is -2.69. The van der Waals surface area contributed by atoms with Crippen molar-refractivity contribution < 1.29 is 57.1 Å². The van der Waals surface area contributed by atoms with Crippen LogP contribution < -0.4 is 14.4 Å². The van der Waals surface area contributed by atoms with E-state index >= 15 is 9.18 Å². The zero-order chi connectivity index (χ0) is 42.3. The lowest BCUT2D eigenvalue weighted by molar-refractivity contribution is -0.687. The van der Waals surface area contributed by atoms with E-state index in [0.29, 0.717) is 29.5 Å². The number of phosphoric ester groups is 1. The van der Waals surface area contributed by atoms with Crippen LogP contribution in [0.2, 0.25) is 0 Å². The number of halogens is 1. The number of alkyl halides is 1. The van der Waals surface area contributed by atoms with Crippen molar-refractivity contribution in [2.45, 2.75) is 147 Å². The Morgan fingerprint density at radius 2 is 1.92 bits per heavy atom. The van der Waals surface area contributed by atoms with Crippen molar-refractivity contribution in [3.05, 3.63) is 71.8 Å². The Morgan fingerprint density at radius 3 is 2.63 bits per heavy atom. The fourth-order valence-electron chi connectivity index (χ4n) is 11.8. The predicted octanol–water partition coefficient (Wildman–Crippen LogP) is 5.33. The van der Waals surface area contributed by atoms with E-state index in [2.05, 4.69) is 5.32 Å². The Labute approximate surface area is 345 Å². The monoisotopic (exact) mass is 840 g/mol. The van der Waals surface area contributed by atoms with Crippen molar-refractivity contribution >= 4 is 19.4 Å². The number of Topliss-reactive ketones (excluding diaryl/α,β-unsaturated/α-hetero) is 1. The number of nitrogens with zero attached hydrogens (tertiary/aromatic N) is 2. The molecule has 1 unspecified atom stereocenters. The Kier molecular flexibility index (Phi) is 10.9. The van der Waals surface area contributed by atoms with Gasteiger partial charge in [0, 0.05) is 46.7 Å². The number of carbonyl (C=O) groups excluding carboxylic acids is 2. The van der Waals surface area contributed by atoms with Gasteiger partial charge in [0.2, 0.25) is 12.1 Å². The normalized spacial score (nSPS) is 36.3. The van der Waals surface area contributed by atoms with Gasteiger partial charge in [-0.3, -0.25) is 19.4 Å². The van der Waals surface area contributed by atoms with Crippen molar-refractivity contribution in [2.24, 2.45) is 28.6 Å². The second kappa shape index (κ2) is 15.1. The molecule has 2 heterocycles. The van der Waals surface area contributed by atoms with Crippen LogP contribution in [0.1, 0.15) is 110 Å². The van der Waals surface area contributed by atoms with Crippen molar-refractivity contribution in [1.29, 1.82) is 0 Å². The summed E-state index contributed by atoms with van der Waals surface area (Å²) >= 11 is 0. The fraction of sp³-hybridized carbons (Fsp3) is 0.659. The van der Waals surface area contributed by atoms with Crippen molar-refractivity contribution in [3.8, 4) is 5.75 Å². The highest BCUT2D eigenvalue weighted by molar-refractivity contribution is 7.46. The summed E-state index contributed by atoms with van der Waals surface area (Å²) in [5.41, 5.74) is -4.28. The Hall–Kier alpha value is -3.07. The van der Waals surface area contributed by atoms with E-state index in [9.17, 15) is 29.4 Å². The molecular weight excluding hydrogens is 780 g/mol. The van der Waals surface area contributed by atoms with E-state index in [1.165, 1.54) is 12.1 Å². The number of ketones is 2. The SMILES string of the molecule is CC(C)(C)NCC(O)c1ccc(OP(=O)(O)O)c(C[n+]2ccn(CC(=O)[C@@]34O[C@H](C5CCCCC5)O[C@@H]3C[C@H]3[C@@H]5CC=C6CC(=O)C=C[C@]6(C)[C@@]5(F)[C@@H](O)C[C@@]34C)c2)c1. The van der Waals surface area contributed by atoms with E-state index in [0.717, 1.165) is 32.1 Å². The molecule has 0 amide bonds. The van der Waals surface area contributed by atoms with Gasteiger partial charge in [0.15, 0.2) is 29.9 Å². The highest BCUT2D eigenvalue weighted by atomic mass is 31.2. The van der Waals surface area contributed by atoms with Crippen LogP contribution >= 0.6 is 7.82 Å². The summed E-state index contributed by atoms with van der Waals surface area (Å²) in [5.74, 6) is -1.23. The van der Waals surface area contributed by atoms with Gasteiger partial charge >= 0.3 is 7.82 Å². The van der Waals surface area contributed by atoms with E-state index in [-0.39, 0.29) is 67.2 Å². The molecule has 10 atom stereocenters. The molecule has 322 valence electrons. The number of aliphatic hydroxyl groups excluding tert-OH is 2. The van der Waals surface area contributed by atoms with Crippen LogP contribution in [0.5, 0.6) is 5.75 Å². The first-order valence-electron chi connectivity index (χ1n) is 21.2. The van der Waals surface area contributed by atoms with E-state index in [1.54, 1.807) is 53.0 Å². The number of phosphoric acid groups is 1. The maximum Gasteiger partial charge on any atom is 0.524 e. The third-order valence-corrected chi connectivity index (χ3v) is 15.2. The summed E-state index contributed by atoms with van der Waals surface area (Å²) in [6.07, 6.45) is 12.6. The summed E-state index contributed by atoms with van der Waals surface area (Å²) in [7, 11) is -4.92. The number of nitrogens with one attached hydrogen (secondary N) is 1. The fourth-order valence-corrected chi connectivity index (χ4v) is 12.2. The molecule has 1 aliphatic heterocycles. The summed E-state index contributed by atoms with van der Waals surface area (Å²) < 4.78 is 52.3. The van der Waals surface area contributed by atoms with Gasteiger partial charge in [-0.25, -0.2) is 18.1 Å². The van der Waals surface area contributed by atoms with Crippen LogP contribution in [0, 0.1) is 28.6 Å². The highest BCUT2D eigenvalue weighted by Gasteiger charge is 2.79. The molecule has 2 aromatic rings. The average molecular weight is 841 g/mol. The number of ether oxygens (including phenoxy) is 2. The second-order valence-electron chi connectivity index (χ2n) is 19.5. The van der Waals surface area contributed by atoms with E-state index < -0.39 is 60.4 Å². The molecule has 1 saturated heterocycles. The number of β-amino-alcohol motifs (C(OH)–C–C–N with tert-alkyl or cyclic N) is 1. The Morgan fingerprint density at radius 1 is 1.17 bits per heavy atom. The first-order chi connectivity index (χ1) is 27.7. The van der Waals surface area contributed by atoms with Gasteiger partial charge < -0.3 is 29.5 Å². The van der Waals surface area contributed by atoms with E-state index in [1.807, 2.05) is 33.8 Å². The Bertz CT molecular complexity index is 2090. The van der Waals surface area contributed by atoms with Gasteiger partial charge in [-0.15, -0.1) is 0 Å². The Balaban J connectivity index is 1.09. The number of imidazole rings is 1. The first-order valence-corrected chi connectivity index (χ1v) is 22.7. The molecular formula is C44H60FN3O10P+. The smallest absolute Gasteiger partial charge is 0.404 e. The third kappa shape index (κ3) is 7.33. The lowest BCUT2D eigenvalue weighted by atomic mass is 9.45. The molecule has 4 fully saturated rings. The van der Waals surface area contributed by atoms with Crippen LogP contribution in [0.15, 0.2) is 60.7 Å².